The van der Waals surface area contributed by atoms with E-state index in [0.717, 1.165) is 31.7 Å². The lowest BCUT2D eigenvalue weighted by atomic mass is 9.91. The summed E-state index contributed by atoms with van der Waals surface area (Å²) >= 11 is 0. The fourth-order valence-corrected chi connectivity index (χ4v) is 2.64. The van der Waals surface area contributed by atoms with E-state index in [0.29, 0.717) is 5.69 Å². The van der Waals surface area contributed by atoms with Crippen LogP contribution in [0.3, 0.4) is 0 Å². The predicted octanol–water partition coefficient (Wildman–Crippen LogP) is 0.937. The van der Waals surface area contributed by atoms with Crippen molar-refractivity contribution in [1.29, 1.82) is 0 Å². The van der Waals surface area contributed by atoms with Gasteiger partial charge in [-0.1, -0.05) is 6.07 Å². The molecule has 19 heavy (non-hydrogen) atoms. The molecule has 0 spiro atoms. The van der Waals surface area contributed by atoms with Crippen molar-refractivity contribution in [2.24, 2.45) is 0 Å². The normalized spacial score (nSPS) is 21.0. The Morgan fingerprint density at radius 1 is 1.37 bits per heavy atom. The largest absolute Gasteiger partial charge is 0.480 e. The number of pyridine rings is 1. The van der Waals surface area contributed by atoms with E-state index in [1.807, 2.05) is 24.0 Å². The Kier molecular flexibility index (Phi) is 3.87. The van der Waals surface area contributed by atoms with Crippen LogP contribution >= 0.6 is 0 Å². The minimum absolute atomic E-state index is 0.645. The zero-order valence-electron chi connectivity index (χ0n) is 11.8. The van der Waals surface area contributed by atoms with E-state index in [9.17, 15) is 9.90 Å². The van der Waals surface area contributed by atoms with Gasteiger partial charge in [0, 0.05) is 32.4 Å². The topological polar surface area (TPSA) is 56.7 Å². The first kappa shape index (κ1) is 14.0. The van der Waals surface area contributed by atoms with Crippen molar-refractivity contribution in [1.82, 2.24) is 14.8 Å². The molecule has 1 aliphatic heterocycles. The first-order valence-electron chi connectivity index (χ1n) is 6.55. The molecule has 104 valence electrons. The number of hydrogen-bond acceptors (Lipinski definition) is 4. The van der Waals surface area contributed by atoms with Crippen LogP contribution in [0.2, 0.25) is 0 Å². The maximum absolute atomic E-state index is 11.9. The zero-order valence-corrected chi connectivity index (χ0v) is 11.8. The van der Waals surface area contributed by atoms with Crippen LogP contribution in [0.15, 0.2) is 18.3 Å². The van der Waals surface area contributed by atoms with Crippen molar-refractivity contribution in [2.75, 3.05) is 33.2 Å². The Morgan fingerprint density at radius 3 is 2.53 bits per heavy atom. The highest BCUT2D eigenvalue weighted by molar-refractivity contribution is 5.80. The number of aryl methyl sites for hydroxylation is 1. The Bertz CT molecular complexity index is 470. The van der Waals surface area contributed by atoms with Gasteiger partial charge in [-0.25, -0.2) is 4.79 Å². The van der Waals surface area contributed by atoms with Gasteiger partial charge in [-0.05, 0) is 32.5 Å². The summed E-state index contributed by atoms with van der Waals surface area (Å²) in [4.78, 5) is 20.4. The lowest BCUT2D eigenvalue weighted by molar-refractivity contribution is -0.153. The van der Waals surface area contributed by atoms with Gasteiger partial charge in [0.25, 0.3) is 0 Å². The van der Waals surface area contributed by atoms with Crippen molar-refractivity contribution in [2.45, 2.75) is 19.4 Å². The van der Waals surface area contributed by atoms with Gasteiger partial charge in [0.15, 0.2) is 5.54 Å². The maximum atomic E-state index is 11.9. The Morgan fingerprint density at radius 2 is 2.00 bits per heavy atom. The van der Waals surface area contributed by atoms with Gasteiger partial charge >= 0.3 is 5.97 Å². The molecule has 0 radical (unpaired) electrons. The molecule has 1 fully saturated rings. The maximum Gasteiger partial charge on any atom is 0.330 e. The molecule has 5 nitrogen and oxygen atoms in total. The number of hydrogen-bond donors (Lipinski definition) is 1. The molecule has 0 saturated carbocycles. The van der Waals surface area contributed by atoms with Crippen LogP contribution < -0.4 is 0 Å². The summed E-state index contributed by atoms with van der Waals surface area (Å²) in [6.07, 6.45) is 1.67. The number of carboxylic acid groups (broad SMARTS) is 1. The Hall–Kier alpha value is -1.46. The third kappa shape index (κ3) is 2.48. The van der Waals surface area contributed by atoms with Crippen molar-refractivity contribution in [3.63, 3.8) is 0 Å². The second kappa shape index (κ2) is 5.27. The fourth-order valence-electron chi connectivity index (χ4n) is 2.64. The number of likely N-dealkylation sites (N-methyl/N-ethyl adjacent to an activating group) is 1. The molecule has 2 rings (SSSR count). The number of rotatable bonds is 3. The van der Waals surface area contributed by atoms with Crippen LogP contribution in [-0.2, 0) is 10.3 Å². The van der Waals surface area contributed by atoms with Crippen LogP contribution in [0.1, 0.15) is 18.2 Å². The third-order valence-corrected chi connectivity index (χ3v) is 4.02. The first-order valence-corrected chi connectivity index (χ1v) is 6.55. The Balaban J connectivity index is 2.38. The second-order valence-electron chi connectivity index (χ2n) is 5.34. The van der Waals surface area contributed by atoms with Crippen LogP contribution in [0.5, 0.6) is 0 Å². The van der Waals surface area contributed by atoms with E-state index in [-0.39, 0.29) is 0 Å². The van der Waals surface area contributed by atoms with E-state index in [1.54, 1.807) is 13.1 Å². The monoisotopic (exact) mass is 263 g/mol. The molecule has 0 aromatic carbocycles. The predicted molar refractivity (Wildman–Crippen MR) is 73.0 cm³/mol. The molecule has 0 aliphatic carbocycles. The molecule has 1 aromatic heterocycles. The zero-order chi connectivity index (χ0) is 14.0. The van der Waals surface area contributed by atoms with Gasteiger partial charge in [-0.2, -0.15) is 0 Å². The van der Waals surface area contributed by atoms with Crippen LogP contribution in [0.4, 0.5) is 0 Å². The fraction of sp³-hybridized carbons (Fsp3) is 0.571. The van der Waals surface area contributed by atoms with E-state index in [2.05, 4.69) is 16.9 Å². The molecule has 5 heteroatoms. The molecule has 1 aliphatic rings. The van der Waals surface area contributed by atoms with E-state index in [1.165, 1.54) is 0 Å². The summed E-state index contributed by atoms with van der Waals surface area (Å²) < 4.78 is 0. The summed E-state index contributed by atoms with van der Waals surface area (Å²) in [6, 6.07) is 3.75. The van der Waals surface area contributed by atoms with Gasteiger partial charge in [0.05, 0.1) is 5.69 Å². The number of piperazine rings is 1. The Labute approximate surface area is 113 Å². The van der Waals surface area contributed by atoms with Gasteiger partial charge in [-0.3, -0.25) is 9.88 Å². The molecule has 1 saturated heterocycles. The third-order valence-electron chi connectivity index (χ3n) is 4.02. The molecule has 2 heterocycles. The van der Waals surface area contributed by atoms with Gasteiger partial charge in [0.1, 0.15) is 0 Å². The van der Waals surface area contributed by atoms with Crippen molar-refractivity contribution in [3.8, 4) is 0 Å². The molecule has 1 unspecified atom stereocenters. The quantitative estimate of drug-likeness (QED) is 0.879. The van der Waals surface area contributed by atoms with E-state index in [4.69, 9.17) is 0 Å². The molecule has 0 amide bonds. The van der Waals surface area contributed by atoms with E-state index < -0.39 is 11.5 Å². The number of aliphatic carboxylic acids is 1. The van der Waals surface area contributed by atoms with Crippen molar-refractivity contribution >= 4 is 5.97 Å². The smallest absolute Gasteiger partial charge is 0.330 e. The second-order valence-corrected chi connectivity index (χ2v) is 5.34. The molecule has 1 aromatic rings. The summed E-state index contributed by atoms with van der Waals surface area (Å²) in [5.74, 6) is -0.834. The van der Waals surface area contributed by atoms with Gasteiger partial charge < -0.3 is 10.0 Å². The highest BCUT2D eigenvalue weighted by Gasteiger charge is 2.44. The molecule has 1 atom stereocenters. The SMILES string of the molecule is Cc1cccnc1C(C)(C(=O)O)N1CCN(C)CC1. The lowest BCUT2D eigenvalue weighted by Gasteiger charge is -2.42. The average molecular weight is 263 g/mol. The summed E-state index contributed by atoms with van der Waals surface area (Å²) in [5, 5.41) is 9.73. The van der Waals surface area contributed by atoms with Crippen LogP contribution in [-0.4, -0.2) is 59.1 Å². The minimum atomic E-state index is -1.05. The number of aromatic nitrogens is 1. The standard InChI is InChI=1S/C14H21N3O2/c1-11-5-4-6-15-12(11)14(2,13(18)19)17-9-7-16(3)8-10-17/h4-6H,7-10H2,1-3H3,(H,18,19). The van der Waals surface area contributed by atoms with Crippen LogP contribution in [0, 0.1) is 6.92 Å². The van der Waals surface area contributed by atoms with Gasteiger partial charge in [0.2, 0.25) is 0 Å². The minimum Gasteiger partial charge on any atom is -0.480 e. The summed E-state index contributed by atoms with van der Waals surface area (Å²) in [6.45, 7) is 6.93. The lowest BCUT2D eigenvalue weighted by Crippen LogP contribution is -2.57. The highest BCUT2D eigenvalue weighted by Crippen LogP contribution is 2.30. The molecule has 0 bridgehead atoms. The van der Waals surface area contributed by atoms with E-state index >= 15 is 0 Å². The van der Waals surface area contributed by atoms with Crippen molar-refractivity contribution < 1.29 is 9.90 Å². The van der Waals surface area contributed by atoms with Crippen molar-refractivity contribution in [3.05, 3.63) is 29.6 Å². The van der Waals surface area contributed by atoms with Gasteiger partial charge in [-0.15, -0.1) is 0 Å². The number of carbonyl (C=O) groups is 1. The molecule has 1 N–H and O–H groups in total. The molecular weight excluding hydrogens is 242 g/mol. The molecular formula is C14H21N3O2. The highest BCUT2D eigenvalue weighted by atomic mass is 16.4. The van der Waals surface area contributed by atoms with Crippen LogP contribution in [0.25, 0.3) is 0 Å². The summed E-state index contributed by atoms with van der Waals surface area (Å²) in [5.41, 5.74) is 0.519. The number of carboxylic acids is 1. The number of nitrogens with zero attached hydrogens (tertiary/aromatic N) is 3. The first-order chi connectivity index (χ1) is 8.96. The summed E-state index contributed by atoms with van der Waals surface area (Å²) in [7, 11) is 2.06. The average Bonchev–Trinajstić information content (AvgIpc) is 2.39.